The minimum Gasteiger partial charge on any atom is -0.445 e. The van der Waals surface area contributed by atoms with Crippen molar-refractivity contribution in [2.75, 3.05) is 11.5 Å². The van der Waals surface area contributed by atoms with Crippen molar-refractivity contribution >= 4 is 9.84 Å². The zero-order valence-electron chi connectivity index (χ0n) is 8.88. The van der Waals surface area contributed by atoms with E-state index in [-0.39, 0.29) is 11.5 Å². The van der Waals surface area contributed by atoms with Crippen LogP contribution < -0.4 is 5.32 Å². The molecule has 7 heteroatoms. The third-order valence-corrected chi connectivity index (χ3v) is 4.22. The number of hydrogen-bond donors (Lipinski definition) is 2. The molecular formula is C9H14N2O4S. The van der Waals surface area contributed by atoms with Crippen LogP contribution in [0.5, 0.6) is 0 Å². The van der Waals surface area contributed by atoms with Crippen molar-refractivity contribution in [3.8, 4) is 0 Å². The largest absolute Gasteiger partial charge is 0.445 e. The molecule has 0 bridgehead atoms. The topological polar surface area (TPSA) is 92.4 Å². The average Bonchev–Trinajstić information content (AvgIpc) is 2.67. The van der Waals surface area contributed by atoms with E-state index in [0.29, 0.717) is 18.2 Å². The molecule has 1 aromatic heterocycles. The van der Waals surface area contributed by atoms with Crippen molar-refractivity contribution in [1.29, 1.82) is 0 Å². The number of hydrogen-bond acceptors (Lipinski definition) is 6. The van der Waals surface area contributed by atoms with Crippen LogP contribution in [0.3, 0.4) is 0 Å². The highest BCUT2D eigenvalue weighted by Gasteiger charge is 2.36. The Balaban J connectivity index is 1.92. The molecule has 0 radical (unpaired) electrons. The maximum Gasteiger partial charge on any atom is 0.208 e. The molecule has 1 aliphatic rings. The summed E-state index contributed by atoms with van der Waals surface area (Å²) in [5, 5.41) is 12.4. The van der Waals surface area contributed by atoms with Crippen LogP contribution in [0, 0.1) is 6.92 Å². The van der Waals surface area contributed by atoms with E-state index in [9.17, 15) is 13.5 Å². The summed E-state index contributed by atoms with van der Waals surface area (Å²) in [4.78, 5) is 3.98. The third kappa shape index (κ3) is 2.60. The van der Waals surface area contributed by atoms with E-state index in [1.807, 2.05) is 0 Å². The second-order valence-corrected chi connectivity index (χ2v) is 6.15. The normalized spacial score (nSPS) is 28.4. The number of rotatable bonds is 3. The van der Waals surface area contributed by atoms with Gasteiger partial charge in [-0.25, -0.2) is 13.4 Å². The first-order chi connectivity index (χ1) is 7.46. The fraction of sp³-hybridized carbons (Fsp3) is 0.667. The van der Waals surface area contributed by atoms with Gasteiger partial charge in [-0.05, 0) is 6.92 Å². The van der Waals surface area contributed by atoms with Gasteiger partial charge in [0.25, 0.3) is 0 Å². The minimum absolute atomic E-state index is 0.0339. The van der Waals surface area contributed by atoms with E-state index in [2.05, 4.69) is 10.3 Å². The van der Waals surface area contributed by atoms with E-state index < -0.39 is 22.0 Å². The van der Waals surface area contributed by atoms with E-state index in [0.717, 1.165) is 0 Å². The SMILES string of the molecule is Cc1cnc(CNC2CS(=O)(=O)CC2O)o1. The number of aliphatic hydroxyl groups is 1. The van der Waals surface area contributed by atoms with Crippen LogP contribution in [0.25, 0.3) is 0 Å². The summed E-state index contributed by atoms with van der Waals surface area (Å²) < 4.78 is 27.7. The van der Waals surface area contributed by atoms with Crippen LogP contribution in [-0.4, -0.2) is 42.2 Å². The number of sulfone groups is 1. The van der Waals surface area contributed by atoms with E-state index in [1.165, 1.54) is 0 Å². The average molecular weight is 246 g/mol. The molecule has 2 heterocycles. The van der Waals surface area contributed by atoms with Gasteiger partial charge in [0.05, 0.1) is 30.4 Å². The lowest BCUT2D eigenvalue weighted by molar-refractivity contribution is 0.163. The number of oxazole rings is 1. The predicted molar refractivity (Wildman–Crippen MR) is 56.5 cm³/mol. The minimum atomic E-state index is -3.11. The molecule has 6 nitrogen and oxygen atoms in total. The monoisotopic (exact) mass is 246 g/mol. The summed E-state index contributed by atoms with van der Waals surface area (Å²) >= 11 is 0. The van der Waals surface area contributed by atoms with Gasteiger partial charge in [0.1, 0.15) is 5.76 Å². The molecule has 1 aliphatic heterocycles. The summed E-state index contributed by atoms with van der Waals surface area (Å²) in [6.45, 7) is 2.11. The van der Waals surface area contributed by atoms with Crippen molar-refractivity contribution < 1.29 is 17.9 Å². The van der Waals surface area contributed by atoms with Gasteiger partial charge in [-0.15, -0.1) is 0 Å². The van der Waals surface area contributed by atoms with Crippen molar-refractivity contribution in [2.45, 2.75) is 25.6 Å². The van der Waals surface area contributed by atoms with Gasteiger partial charge in [-0.3, -0.25) is 0 Å². The summed E-state index contributed by atoms with van der Waals surface area (Å²) in [7, 11) is -3.11. The lowest BCUT2D eigenvalue weighted by atomic mass is 10.2. The molecule has 2 rings (SSSR count). The van der Waals surface area contributed by atoms with Gasteiger partial charge in [-0.2, -0.15) is 0 Å². The van der Waals surface area contributed by atoms with Crippen LogP contribution in [-0.2, 0) is 16.4 Å². The molecule has 0 amide bonds. The van der Waals surface area contributed by atoms with E-state index >= 15 is 0 Å². The Bertz CT molecular complexity index is 468. The number of aromatic nitrogens is 1. The molecule has 0 aliphatic carbocycles. The van der Waals surface area contributed by atoms with Crippen LogP contribution in [0.15, 0.2) is 10.6 Å². The highest BCUT2D eigenvalue weighted by Crippen LogP contribution is 2.13. The highest BCUT2D eigenvalue weighted by molar-refractivity contribution is 7.91. The molecule has 16 heavy (non-hydrogen) atoms. The maximum atomic E-state index is 11.2. The second kappa shape index (κ2) is 4.15. The van der Waals surface area contributed by atoms with Crippen molar-refractivity contribution in [3.63, 3.8) is 0 Å². The molecular weight excluding hydrogens is 232 g/mol. The van der Waals surface area contributed by atoms with Gasteiger partial charge in [0, 0.05) is 6.04 Å². The second-order valence-electron chi connectivity index (χ2n) is 4.00. The van der Waals surface area contributed by atoms with E-state index in [1.54, 1.807) is 13.1 Å². The number of aliphatic hydroxyl groups excluding tert-OH is 1. The fourth-order valence-corrected chi connectivity index (χ4v) is 3.50. The summed E-state index contributed by atoms with van der Waals surface area (Å²) in [6, 6.07) is -0.433. The van der Waals surface area contributed by atoms with Gasteiger partial charge < -0.3 is 14.8 Å². The molecule has 1 fully saturated rings. The van der Waals surface area contributed by atoms with Crippen molar-refractivity contribution in [3.05, 3.63) is 17.8 Å². The van der Waals surface area contributed by atoms with Crippen molar-refractivity contribution in [2.24, 2.45) is 0 Å². The molecule has 2 atom stereocenters. The number of nitrogens with zero attached hydrogens (tertiary/aromatic N) is 1. The van der Waals surface area contributed by atoms with Crippen LogP contribution in [0.4, 0.5) is 0 Å². The Labute approximate surface area is 93.6 Å². The fourth-order valence-electron chi connectivity index (χ4n) is 1.73. The Morgan fingerprint density at radius 3 is 2.88 bits per heavy atom. The molecule has 1 aromatic rings. The first-order valence-electron chi connectivity index (χ1n) is 4.99. The summed E-state index contributed by atoms with van der Waals surface area (Å²) in [5.74, 6) is 0.994. The van der Waals surface area contributed by atoms with Crippen LogP contribution in [0.2, 0.25) is 0 Å². The molecule has 0 spiro atoms. The number of aryl methyl sites for hydroxylation is 1. The Morgan fingerprint density at radius 1 is 1.62 bits per heavy atom. The zero-order valence-corrected chi connectivity index (χ0v) is 9.70. The molecule has 1 saturated heterocycles. The van der Waals surface area contributed by atoms with Gasteiger partial charge in [0.2, 0.25) is 5.89 Å². The summed E-state index contributed by atoms with van der Waals surface area (Å²) in [6.07, 6.45) is 0.750. The number of nitrogens with one attached hydrogen (secondary N) is 1. The molecule has 2 unspecified atom stereocenters. The lowest BCUT2D eigenvalue weighted by Crippen LogP contribution is -2.38. The first kappa shape index (κ1) is 11.6. The summed E-state index contributed by atoms with van der Waals surface area (Å²) in [5.41, 5.74) is 0. The molecule has 90 valence electrons. The van der Waals surface area contributed by atoms with Crippen molar-refractivity contribution in [1.82, 2.24) is 10.3 Å². The standard InChI is InChI=1S/C9H14N2O4S/c1-6-2-11-9(15-6)3-10-7-4-16(13,14)5-8(7)12/h2,7-8,10,12H,3-5H2,1H3. The Hall–Kier alpha value is -0.920. The molecule has 2 N–H and O–H groups in total. The van der Waals surface area contributed by atoms with E-state index in [4.69, 9.17) is 4.42 Å². The van der Waals surface area contributed by atoms with Crippen LogP contribution >= 0.6 is 0 Å². The quantitative estimate of drug-likeness (QED) is 0.727. The van der Waals surface area contributed by atoms with Gasteiger partial charge in [-0.1, -0.05) is 0 Å². The lowest BCUT2D eigenvalue weighted by Gasteiger charge is -2.12. The Morgan fingerprint density at radius 2 is 2.38 bits per heavy atom. The third-order valence-electron chi connectivity index (χ3n) is 2.51. The first-order valence-corrected chi connectivity index (χ1v) is 6.81. The smallest absolute Gasteiger partial charge is 0.208 e. The van der Waals surface area contributed by atoms with Gasteiger partial charge >= 0.3 is 0 Å². The Kier molecular flexibility index (Phi) is 3.00. The maximum absolute atomic E-state index is 11.2. The molecule has 0 saturated carbocycles. The van der Waals surface area contributed by atoms with Crippen LogP contribution in [0.1, 0.15) is 11.7 Å². The predicted octanol–water partition coefficient (Wildman–Crippen LogP) is -0.769. The zero-order chi connectivity index (χ0) is 11.8. The van der Waals surface area contributed by atoms with Gasteiger partial charge in [0.15, 0.2) is 9.84 Å². The highest BCUT2D eigenvalue weighted by atomic mass is 32.2. The molecule has 0 aromatic carbocycles.